The number of carbonyl (C=O) groups excluding carboxylic acids is 2. The molecule has 3 heterocycles. The molecule has 0 radical (unpaired) electrons. The lowest BCUT2D eigenvalue weighted by atomic mass is 9.62. The molecule has 0 bridgehead atoms. The Hall–Kier alpha value is -1.89. The third kappa shape index (κ3) is 3.24. The Balaban J connectivity index is 1.37. The minimum absolute atomic E-state index is 0.0462. The zero-order valence-corrected chi connectivity index (χ0v) is 15.4. The van der Waals surface area contributed by atoms with Gasteiger partial charge < -0.3 is 19.1 Å². The molecule has 7 nitrogen and oxygen atoms in total. The van der Waals surface area contributed by atoms with Crippen molar-refractivity contribution in [3.8, 4) is 0 Å². The van der Waals surface area contributed by atoms with Gasteiger partial charge in [0, 0.05) is 38.7 Å². The van der Waals surface area contributed by atoms with Crippen LogP contribution in [0.4, 0.5) is 0 Å². The Bertz CT molecular complexity index is 676. The van der Waals surface area contributed by atoms with E-state index in [2.05, 4.69) is 5.16 Å². The number of carbonyl (C=O) groups is 2. The molecule has 1 saturated carbocycles. The number of hydrogen-bond donors (Lipinski definition) is 0. The highest BCUT2D eigenvalue weighted by molar-refractivity contribution is 5.92. The molecule has 7 heteroatoms. The zero-order chi connectivity index (χ0) is 18.1. The van der Waals surface area contributed by atoms with E-state index in [-0.39, 0.29) is 17.2 Å². The Morgan fingerprint density at radius 2 is 2.04 bits per heavy atom. The number of rotatable bonds is 4. The summed E-state index contributed by atoms with van der Waals surface area (Å²) in [7, 11) is 0. The van der Waals surface area contributed by atoms with Crippen LogP contribution in [0.15, 0.2) is 10.6 Å². The van der Waals surface area contributed by atoms with Crippen LogP contribution in [-0.2, 0) is 9.53 Å². The van der Waals surface area contributed by atoms with Crippen molar-refractivity contribution < 1.29 is 18.8 Å². The number of aromatic nitrogens is 1. The van der Waals surface area contributed by atoms with E-state index in [4.69, 9.17) is 9.26 Å². The number of hydrogen-bond acceptors (Lipinski definition) is 5. The quantitative estimate of drug-likeness (QED) is 0.818. The third-order valence-electron chi connectivity index (χ3n) is 6.37. The second kappa shape index (κ2) is 7.02. The molecule has 142 valence electrons. The molecule has 1 atom stereocenters. The van der Waals surface area contributed by atoms with Crippen molar-refractivity contribution >= 4 is 11.8 Å². The molecule has 4 rings (SSSR count). The summed E-state index contributed by atoms with van der Waals surface area (Å²) < 4.78 is 10.4. The van der Waals surface area contributed by atoms with Crippen LogP contribution in [-0.4, -0.2) is 66.2 Å². The first-order valence-electron chi connectivity index (χ1n) is 9.65. The van der Waals surface area contributed by atoms with Crippen LogP contribution in [0.2, 0.25) is 0 Å². The minimum atomic E-state index is -0.0462. The number of nitrogens with zero attached hydrogens (tertiary/aromatic N) is 3. The van der Waals surface area contributed by atoms with Gasteiger partial charge in [0.25, 0.3) is 5.91 Å². The van der Waals surface area contributed by atoms with Crippen LogP contribution < -0.4 is 0 Å². The largest absolute Gasteiger partial charge is 0.378 e. The van der Waals surface area contributed by atoms with Crippen molar-refractivity contribution in [2.75, 3.05) is 39.4 Å². The predicted molar refractivity (Wildman–Crippen MR) is 93.6 cm³/mol. The molecule has 2 amide bonds. The molecule has 1 unspecified atom stereocenters. The Morgan fingerprint density at radius 1 is 1.27 bits per heavy atom. The summed E-state index contributed by atoms with van der Waals surface area (Å²) in [6.45, 7) is 5.98. The van der Waals surface area contributed by atoms with Gasteiger partial charge in [-0.2, -0.15) is 0 Å². The maximum atomic E-state index is 12.7. The van der Waals surface area contributed by atoms with Crippen LogP contribution in [0.1, 0.15) is 48.4 Å². The summed E-state index contributed by atoms with van der Waals surface area (Å²) in [6.07, 6.45) is 4.96. The van der Waals surface area contributed by atoms with Gasteiger partial charge in [-0.05, 0) is 37.5 Å². The lowest BCUT2D eigenvalue weighted by molar-refractivity contribution is -0.135. The van der Waals surface area contributed by atoms with E-state index in [1.54, 1.807) is 13.0 Å². The summed E-state index contributed by atoms with van der Waals surface area (Å²) >= 11 is 0. The summed E-state index contributed by atoms with van der Waals surface area (Å²) in [6, 6.07) is 1.70. The maximum Gasteiger partial charge on any atom is 0.276 e. The maximum absolute atomic E-state index is 12.7. The highest BCUT2D eigenvalue weighted by Gasteiger charge is 2.51. The fraction of sp³-hybridized carbons (Fsp3) is 0.737. The number of ether oxygens (including phenoxy) is 1. The van der Waals surface area contributed by atoms with E-state index in [0.717, 1.165) is 32.4 Å². The van der Waals surface area contributed by atoms with Gasteiger partial charge in [0.2, 0.25) is 5.91 Å². The van der Waals surface area contributed by atoms with E-state index in [9.17, 15) is 9.59 Å². The fourth-order valence-electron chi connectivity index (χ4n) is 4.68. The predicted octanol–water partition coefficient (Wildman–Crippen LogP) is 1.86. The van der Waals surface area contributed by atoms with Crippen molar-refractivity contribution in [1.82, 2.24) is 15.0 Å². The molecule has 26 heavy (non-hydrogen) atoms. The van der Waals surface area contributed by atoms with E-state index in [0.29, 0.717) is 50.1 Å². The minimum Gasteiger partial charge on any atom is -0.378 e. The van der Waals surface area contributed by atoms with Crippen molar-refractivity contribution in [2.45, 2.75) is 39.0 Å². The van der Waals surface area contributed by atoms with Crippen molar-refractivity contribution in [1.29, 1.82) is 0 Å². The van der Waals surface area contributed by atoms with Gasteiger partial charge in [-0.15, -0.1) is 0 Å². The average molecular weight is 361 g/mol. The van der Waals surface area contributed by atoms with Gasteiger partial charge in [0.1, 0.15) is 5.76 Å². The second-order valence-corrected chi connectivity index (χ2v) is 7.95. The number of morpholine rings is 1. The topological polar surface area (TPSA) is 75.9 Å². The zero-order valence-electron chi connectivity index (χ0n) is 15.4. The monoisotopic (exact) mass is 361 g/mol. The second-order valence-electron chi connectivity index (χ2n) is 7.95. The summed E-state index contributed by atoms with van der Waals surface area (Å²) in [5, 5.41) is 3.87. The summed E-state index contributed by atoms with van der Waals surface area (Å²) in [4.78, 5) is 29.0. The van der Waals surface area contributed by atoms with Crippen LogP contribution in [0.25, 0.3) is 0 Å². The lowest BCUT2D eigenvalue weighted by Gasteiger charge is -2.43. The number of likely N-dealkylation sites (tertiary alicyclic amines) is 1. The van der Waals surface area contributed by atoms with Gasteiger partial charge in [-0.25, -0.2) is 0 Å². The highest BCUT2D eigenvalue weighted by Crippen LogP contribution is 2.53. The fourth-order valence-corrected chi connectivity index (χ4v) is 4.68. The molecule has 1 aromatic rings. The first kappa shape index (κ1) is 17.5. The van der Waals surface area contributed by atoms with E-state index < -0.39 is 0 Å². The molecular weight excluding hydrogens is 334 g/mol. The first-order chi connectivity index (χ1) is 12.6. The molecule has 1 aromatic heterocycles. The van der Waals surface area contributed by atoms with Crippen LogP contribution in [0.3, 0.4) is 0 Å². The van der Waals surface area contributed by atoms with E-state index in [1.807, 2.05) is 9.80 Å². The molecular formula is C19H27N3O4. The highest BCUT2D eigenvalue weighted by atomic mass is 16.5. The van der Waals surface area contributed by atoms with Gasteiger partial charge >= 0.3 is 0 Å². The van der Waals surface area contributed by atoms with Crippen molar-refractivity contribution in [3.63, 3.8) is 0 Å². The summed E-state index contributed by atoms with van der Waals surface area (Å²) in [5.41, 5.74) is 0.599. The van der Waals surface area contributed by atoms with Gasteiger partial charge in [0.15, 0.2) is 5.69 Å². The van der Waals surface area contributed by atoms with Crippen LogP contribution in [0, 0.1) is 18.3 Å². The Labute approximate surface area is 153 Å². The molecule has 2 aliphatic heterocycles. The molecule has 3 fully saturated rings. The van der Waals surface area contributed by atoms with Crippen LogP contribution >= 0.6 is 0 Å². The first-order valence-corrected chi connectivity index (χ1v) is 9.65. The molecule has 3 aliphatic rings. The SMILES string of the molecule is Cc1cc(C(=O)N2CC(CCC(=O)N3CCOCC3)C3(CCC3)C2)no1. The van der Waals surface area contributed by atoms with Gasteiger partial charge in [-0.1, -0.05) is 11.6 Å². The molecule has 1 aliphatic carbocycles. The standard InChI is InChI=1S/C19H27N3O4/c1-14-11-16(20-26-14)18(24)22-12-15(19(13-22)5-2-6-19)3-4-17(23)21-7-9-25-10-8-21/h11,15H,2-10,12-13H2,1H3. The smallest absolute Gasteiger partial charge is 0.276 e. The van der Waals surface area contributed by atoms with Gasteiger partial charge in [0.05, 0.1) is 13.2 Å². The average Bonchev–Trinajstić information content (AvgIpc) is 3.23. The summed E-state index contributed by atoms with van der Waals surface area (Å²) in [5.74, 6) is 1.23. The normalized spacial score (nSPS) is 24.7. The van der Waals surface area contributed by atoms with E-state index in [1.165, 1.54) is 6.42 Å². The Kier molecular flexibility index (Phi) is 4.73. The molecule has 0 aromatic carbocycles. The van der Waals surface area contributed by atoms with Crippen LogP contribution in [0.5, 0.6) is 0 Å². The van der Waals surface area contributed by atoms with E-state index >= 15 is 0 Å². The Morgan fingerprint density at radius 3 is 2.65 bits per heavy atom. The lowest BCUT2D eigenvalue weighted by Crippen LogP contribution is -2.42. The number of aryl methyl sites for hydroxylation is 1. The molecule has 0 N–H and O–H groups in total. The van der Waals surface area contributed by atoms with Gasteiger partial charge in [-0.3, -0.25) is 9.59 Å². The third-order valence-corrected chi connectivity index (χ3v) is 6.37. The van der Waals surface area contributed by atoms with Crippen molar-refractivity contribution in [3.05, 3.63) is 17.5 Å². The van der Waals surface area contributed by atoms with Crippen molar-refractivity contribution in [2.24, 2.45) is 11.3 Å². The molecule has 2 saturated heterocycles. The number of amides is 2. The molecule has 1 spiro atoms.